The number of nitrogens with zero attached hydrogens (tertiary/aromatic N) is 1. The minimum absolute atomic E-state index is 0.430. The second-order valence-electron chi connectivity index (χ2n) is 4.89. The van der Waals surface area contributed by atoms with Crippen molar-refractivity contribution in [3.05, 3.63) is 0 Å². The van der Waals surface area contributed by atoms with Crippen molar-refractivity contribution in [1.82, 2.24) is 10.2 Å². The zero-order valence-corrected chi connectivity index (χ0v) is 11.2. The molecule has 1 heterocycles. The SMILES string of the molecule is CCC(C)CN(CC)CCC1CNCCO1. The van der Waals surface area contributed by atoms with E-state index in [1.54, 1.807) is 0 Å². The number of hydrogen-bond acceptors (Lipinski definition) is 3. The molecule has 1 rings (SSSR count). The van der Waals surface area contributed by atoms with Crippen LogP contribution in [0.5, 0.6) is 0 Å². The van der Waals surface area contributed by atoms with Crippen molar-refractivity contribution < 1.29 is 4.74 Å². The molecule has 1 saturated heterocycles. The van der Waals surface area contributed by atoms with Gasteiger partial charge in [0.2, 0.25) is 0 Å². The van der Waals surface area contributed by atoms with Gasteiger partial charge in [-0.15, -0.1) is 0 Å². The number of rotatable bonds is 7. The van der Waals surface area contributed by atoms with Crippen molar-refractivity contribution >= 4 is 0 Å². The first-order valence-electron chi connectivity index (χ1n) is 6.80. The standard InChI is InChI=1S/C13H28N2O/c1-4-12(3)11-15(5-2)8-6-13-10-14-7-9-16-13/h12-14H,4-11H2,1-3H3. The normalized spacial score (nSPS) is 23.6. The summed E-state index contributed by atoms with van der Waals surface area (Å²) >= 11 is 0. The molecule has 0 saturated carbocycles. The third kappa shape index (κ3) is 5.28. The third-order valence-corrected chi connectivity index (χ3v) is 3.49. The molecule has 0 aromatic rings. The summed E-state index contributed by atoms with van der Waals surface area (Å²) in [5, 5.41) is 3.39. The highest BCUT2D eigenvalue weighted by atomic mass is 16.5. The Hall–Kier alpha value is -0.120. The van der Waals surface area contributed by atoms with Crippen LogP contribution in [-0.2, 0) is 4.74 Å². The van der Waals surface area contributed by atoms with Gasteiger partial charge in [0.05, 0.1) is 12.7 Å². The molecule has 1 N–H and O–H groups in total. The Morgan fingerprint density at radius 1 is 1.44 bits per heavy atom. The summed E-state index contributed by atoms with van der Waals surface area (Å²) in [7, 11) is 0. The van der Waals surface area contributed by atoms with Gasteiger partial charge >= 0.3 is 0 Å². The van der Waals surface area contributed by atoms with Crippen LogP contribution in [-0.4, -0.2) is 50.3 Å². The zero-order valence-electron chi connectivity index (χ0n) is 11.2. The Balaban J connectivity index is 2.16. The van der Waals surface area contributed by atoms with Crippen molar-refractivity contribution in [3.8, 4) is 0 Å². The molecular weight excluding hydrogens is 200 g/mol. The van der Waals surface area contributed by atoms with E-state index in [1.807, 2.05) is 0 Å². The molecule has 96 valence electrons. The highest BCUT2D eigenvalue weighted by Crippen LogP contribution is 2.07. The maximum absolute atomic E-state index is 5.71. The van der Waals surface area contributed by atoms with Crippen LogP contribution in [0.15, 0.2) is 0 Å². The van der Waals surface area contributed by atoms with Gasteiger partial charge in [-0.3, -0.25) is 0 Å². The molecule has 1 aliphatic heterocycles. The quantitative estimate of drug-likeness (QED) is 0.718. The second kappa shape index (κ2) is 8.04. The summed E-state index contributed by atoms with van der Waals surface area (Å²) < 4.78 is 5.71. The summed E-state index contributed by atoms with van der Waals surface area (Å²) in [4.78, 5) is 2.55. The van der Waals surface area contributed by atoms with Crippen LogP contribution in [0.2, 0.25) is 0 Å². The monoisotopic (exact) mass is 228 g/mol. The average molecular weight is 228 g/mol. The molecule has 0 amide bonds. The van der Waals surface area contributed by atoms with Crippen molar-refractivity contribution in [2.75, 3.05) is 39.3 Å². The molecule has 3 heteroatoms. The van der Waals surface area contributed by atoms with E-state index in [0.29, 0.717) is 6.10 Å². The molecule has 1 aliphatic rings. The Morgan fingerprint density at radius 2 is 2.25 bits per heavy atom. The summed E-state index contributed by atoms with van der Waals surface area (Å²) in [5.41, 5.74) is 0. The highest BCUT2D eigenvalue weighted by molar-refractivity contribution is 4.70. The van der Waals surface area contributed by atoms with Crippen LogP contribution in [0, 0.1) is 5.92 Å². The number of morpholine rings is 1. The fourth-order valence-corrected chi connectivity index (χ4v) is 2.08. The van der Waals surface area contributed by atoms with E-state index in [9.17, 15) is 0 Å². The first-order chi connectivity index (χ1) is 7.76. The van der Waals surface area contributed by atoms with Crippen LogP contribution in [0.4, 0.5) is 0 Å². The number of nitrogens with one attached hydrogen (secondary N) is 1. The molecule has 0 aromatic heterocycles. The predicted molar refractivity (Wildman–Crippen MR) is 68.8 cm³/mol. The van der Waals surface area contributed by atoms with Gasteiger partial charge in [0.15, 0.2) is 0 Å². The highest BCUT2D eigenvalue weighted by Gasteiger charge is 2.15. The van der Waals surface area contributed by atoms with E-state index in [1.165, 1.54) is 19.5 Å². The van der Waals surface area contributed by atoms with Gasteiger partial charge in [0.1, 0.15) is 0 Å². The van der Waals surface area contributed by atoms with Crippen LogP contribution in [0.1, 0.15) is 33.6 Å². The summed E-state index contributed by atoms with van der Waals surface area (Å²) in [6.07, 6.45) is 2.87. The summed E-state index contributed by atoms with van der Waals surface area (Å²) in [6, 6.07) is 0. The Kier molecular flexibility index (Phi) is 7.01. The summed E-state index contributed by atoms with van der Waals surface area (Å²) in [6.45, 7) is 13.3. The Labute approximate surface area is 101 Å². The van der Waals surface area contributed by atoms with Gasteiger partial charge in [-0.1, -0.05) is 27.2 Å². The lowest BCUT2D eigenvalue weighted by Crippen LogP contribution is -2.41. The van der Waals surface area contributed by atoms with Gasteiger partial charge in [-0.25, -0.2) is 0 Å². The average Bonchev–Trinajstić information content (AvgIpc) is 2.35. The molecule has 1 fully saturated rings. The molecule has 16 heavy (non-hydrogen) atoms. The minimum Gasteiger partial charge on any atom is -0.376 e. The van der Waals surface area contributed by atoms with Gasteiger partial charge in [-0.2, -0.15) is 0 Å². The van der Waals surface area contributed by atoms with E-state index < -0.39 is 0 Å². The fourth-order valence-electron chi connectivity index (χ4n) is 2.08. The molecule has 0 aromatic carbocycles. The van der Waals surface area contributed by atoms with E-state index in [-0.39, 0.29) is 0 Å². The first kappa shape index (κ1) is 13.9. The van der Waals surface area contributed by atoms with Gasteiger partial charge in [0, 0.05) is 26.2 Å². The van der Waals surface area contributed by atoms with Crippen molar-refractivity contribution in [3.63, 3.8) is 0 Å². The molecule has 0 radical (unpaired) electrons. The van der Waals surface area contributed by atoms with E-state index in [4.69, 9.17) is 4.74 Å². The Bertz CT molecular complexity index is 169. The lowest BCUT2D eigenvalue weighted by molar-refractivity contribution is 0.0169. The summed E-state index contributed by atoms with van der Waals surface area (Å²) in [5.74, 6) is 0.811. The van der Waals surface area contributed by atoms with Crippen LogP contribution in [0.3, 0.4) is 0 Å². The minimum atomic E-state index is 0.430. The molecule has 3 nitrogen and oxygen atoms in total. The van der Waals surface area contributed by atoms with E-state index >= 15 is 0 Å². The van der Waals surface area contributed by atoms with E-state index in [2.05, 4.69) is 31.0 Å². The van der Waals surface area contributed by atoms with Crippen molar-refractivity contribution in [2.45, 2.75) is 39.7 Å². The van der Waals surface area contributed by atoms with Gasteiger partial charge < -0.3 is 15.0 Å². The Morgan fingerprint density at radius 3 is 2.81 bits per heavy atom. The largest absolute Gasteiger partial charge is 0.376 e. The number of ether oxygens (including phenoxy) is 1. The van der Waals surface area contributed by atoms with Crippen LogP contribution in [0.25, 0.3) is 0 Å². The smallest absolute Gasteiger partial charge is 0.0712 e. The van der Waals surface area contributed by atoms with Gasteiger partial charge in [0.25, 0.3) is 0 Å². The van der Waals surface area contributed by atoms with Crippen LogP contribution < -0.4 is 5.32 Å². The lowest BCUT2D eigenvalue weighted by atomic mass is 10.1. The lowest BCUT2D eigenvalue weighted by Gasteiger charge is -2.28. The maximum Gasteiger partial charge on any atom is 0.0712 e. The van der Waals surface area contributed by atoms with Crippen molar-refractivity contribution in [2.24, 2.45) is 5.92 Å². The molecule has 2 unspecified atom stereocenters. The third-order valence-electron chi connectivity index (χ3n) is 3.49. The van der Waals surface area contributed by atoms with Crippen molar-refractivity contribution in [1.29, 1.82) is 0 Å². The molecular formula is C13H28N2O. The molecule has 0 spiro atoms. The zero-order chi connectivity index (χ0) is 11.8. The van der Waals surface area contributed by atoms with Crippen LogP contribution >= 0.6 is 0 Å². The van der Waals surface area contributed by atoms with Gasteiger partial charge in [-0.05, 0) is 18.9 Å². The topological polar surface area (TPSA) is 24.5 Å². The second-order valence-corrected chi connectivity index (χ2v) is 4.89. The fraction of sp³-hybridized carbons (Fsp3) is 1.00. The molecule has 0 bridgehead atoms. The first-order valence-corrected chi connectivity index (χ1v) is 6.80. The number of hydrogen-bond donors (Lipinski definition) is 1. The maximum atomic E-state index is 5.71. The molecule has 2 atom stereocenters. The van der Waals surface area contributed by atoms with E-state index in [0.717, 1.165) is 38.6 Å². The predicted octanol–water partition coefficient (Wildman–Crippen LogP) is 1.73. The molecule has 0 aliphatic carbocycles.